The van der Waals surface area contributed by atoms with Gasteiger partial charge in [0.15, 0.2) is 0 Å². The summed E-state index contributed by atoms with van der Waals surface area (Å²) in [6.45, 7) is 8.71. The van der Waals surface area contributed by atoms with Crippen molar-refractivity contribution in [2.75, 3.05) is 32.8 Å². The van der Waals surface area contributed by atoms with E-state index in [9.17, 15) is 14.9 Å². The van der Waals surface area contributed by atoms with Gasteiger partial charge in [0.1, 0.15) is 5.54 Å². The van der Waals surface area contributed by atoms with Gasteiger partial charge in [0.25, 0.3) is 0 Å². The van der Waals surface area contributed by atoms with Crippen LogP contribution in [-0.2, 0) is 9.53 Å². The van der Waals surface area contributed by atoms with Gasteiger partial charge in [-0.2, -0.15) is 5.26 Å². The fourth-order valence-electron chi connectivity index (χ4n) is 5.26. The zero-order valence-corrected chi connectivity index (χ0v) is 18.7. The number of primary amides is 1. The van der Waals surface area contributed by atoms with Gasteiger partial charge in [-0.1, -0.05) is 33.6 Å². The standard InChI is InChI=1S/C22H37N5O3/c1-21(2,3)12-17(18-13-30-11-10-27(18)20(24)29)19(28)25-22(14-23)8-9-26(15-22)16-6-4-5-7-16/h16-18H,4-13,15H2,1-3H3,(H2,24,29)(H,25,28). The quantitative estimate of drug-likeness (QED) is 0.706. The van der Waals surface area contributed by atoms with Crippen molar-refractivity contribution in [3.05, 3.63) is 0 Å². The number of carbonyl (C=O) groups is 2. The first kappa shape index (κ1) is 22.8. The van der Waals surface area contributed by atoms with E-state index in [0.717, 1.165) is 6.54 Å². The van der Waals surface area contributed by atoms with Gasteiger partial charge in [0, 0.05) is 25.7 Å². The molecule has 1 aliphatic carbocycles. The first-order valence-electron chi connectivity index (χ1n) is 11.3. The SMILES string of the molecule is CC(C)(C)CC(C(=O)NC1(C#N)CCN(C2CCCC2)C1)C1COCCN1C(N)=O. The van der Waals surface area contributed by atoms with Crippen LogP contribution in [0.3, 0.4) is 0 Å². The van der Waals surface area contributed by atoms with Crippen LogP contribution in [0.2, 0.25) is 0 Å². The Balaban J connectivity index is 1.76. The highest BCUT2D eigenvalue weighted by atomic mass is 16.5. The third-order valence-corrected chi connectivity index (χ3v) is 6.80. The second-order valence-electron chi connectivity index (χ2n) is 10.4. The molecule has 8 heteroatoms. The summed E-state index contributed by atoms with van der Waals surface area (Å²) in [5.74, 6) is -0.662. The lowest BCUT2D eigenvalue weighted by Gasteiger charge is -2.41. The zero-order valence-electron chi connectivity index (χ0n) is 18.7. The largest absolute Gasteiger partial charge is 0.377 e. The summed E-state index contributed by atoms with van der Waals surface area (Å²) < 4.78 is 5.61. The first-order valence-corrected chi connectivity index (χ1v) is 11.3. The van der Waals surface area contributed by atoms with E-state index in [0.29, 0.717) is 38.6 Å². The van der Waals surface area contributed by atoms with E-state index in [1.165, 1.54) is 25.7 Å². The number of morpholine rings is 1. The monoisotopic (exact) mass is 419 g/mol. The van der Waals surface area contributed by atoms with Crippen molar-refractivity contribution in [1.82, 2.24) is 15.1 Å². The number of rotatable bonds is 5. The Morgan fingerprint density at radius 2 is 2.00 bits per heavy atom. The van der Waals surface area contributed by atoms with E-state index in [2.05, 4.69) is 37.1 Å². The summed E-state index contributed by atoms with van der Waals surface area (Å²) in [6.07, 6.45) is 6.04. The number of carbonyl (C=O) groups excluding carboxylic acids is 2. The predicted molar refractivity (Wildman–Crippen MR) is 113 cm³/mol. The molecule has 3 atom stereocenters. The van der Waals surface area contributed by atoms with Crippen molar-refractivity contribution in [3.8, 4) is 6.07 Å². The number of nitrogens with one attached hydrogen (secondary N) is 1. The molecule has 168 valence electrons. The van der Waals surface area contributed by atoms with Crippen LogP contribution < -0.4 is 11.1 Å². The lowest BCUT2D eigenvalue weighted by Crippen LogP contribution is -2.60. The third kappa shape index (κ3) is 5.25. The van der Waals surface area contributed by atoms with Gasteiger partial charge in [-0.15, -0.1) is 0 Å². The van der Waals surface area contributed by atoms with Crippen LogP contribution in [0.25, 0.3) is 0 Å². The van der Waals surface area contributed by atoms with Gasteiger partial charge >= 0.3 is 6.03 Å². The molecule has 3 fully saturated rings. The Bertz CT molecular complexity index is 679. The Kier molecular flexibility index (Phi) is 6.93. The number of ether oxygens (including phenoxy) is 1. The Morgan fingerprint density at radius 3 is 2.60 bits per heavy atom. The van der Waals surface area contributed by atoms with E-state index in [1.807, 2.05) is 0 Å². The maximum Gasteiger partial charge on any atom is 0.315 e. The summed E-state index contributed by atoms with van der Waals surface area (Å²) in [5.41, 5.74) is 4.60. The fourth-order valence-corrected chi connectivity index (χ4v) is 5.26. The first-order chi connectivity index (χ1) is 14.1. The molecule has 8 nitrogen and oxygen atoms in total. The lowest BCUT2D eigenvalue weighted by atomic mass is 9.79. The normalized spacial score (nSPS) is 29.5. The maximum atomic E-state index is 13.5. The predicted octanol–water partition coefficient (Wildman–Crippen LogP) is 1.85. The van der Waals surface area contributed by atoms with E-state index in [-0.39, 0.29) is 17.9 Å². The van der Waals surface area contributed by atoms with Crippen molar-refractivity contribution in [1.29, 1.82) is 5.26 Å². The molecule has 0 aromatic heterocycles. The zero-order chi connectivity index (χ0) is 21.9. The topological polar surface area (TPSA) is 112 Å². The average Bonchev–Trinajstić information content (AvgIpc) is 3.35. The highest BCUT2D eigenvalue weighted by Gasteiger charge is 2.46. The van der Waals surface area contributed by atoms with Gasteiger partial charge < -0.3 is 20.7 Å². The molecule has 3 aliphatic rings. The Morgan fingerprint density at radius 1 is 1.30 bits per heavy atom. The summed E-state index contributed by atoms with van der Waals surface area (Å²) in [6, 6.07) is 1.99. The smallest absolute Gasteiger partial charge is 0.315 e. The number of nitriles is 1. The van der Waals surface area contributed by atoms with Crippen LogP contribution in [-0.4, -0.2) is 72.2 Å². The molecule has 3 amide bonds. The Labute approximate surface area is 180 Å². The van der Waals surface area contributed by atoms with E-state index in [4.69, 9.17) is 10.5 Å². The van der Waals surface area contributed by atoms with E-state index < -0.39 is 23.5 Å². The van der Waals surface area contributed by atoms with Crippen LogP contribution >= 0.6 is 0 Å². The molecule has 2 aliphatic heterocycles. The molecule has 1 saturated carbocycles. The van der Waals surface area contributed by atoms with Crippen LogP contribution in [0.4, 0.5) is 4.79 Å². The highest BCUT2D eigenvalue weighted by Crippen LogP contribution is 2.33. The van der Waals surface area contributed by atoms with E-state index in [1.54, 1.807) is 4.90 Å². The number of hydrogen-bond acceptors (Lipinski definition) is 5. The van der Waals surface area contributed by atoms with E-state index >= 15 is 0 Å². The summed E-state index contributed by atoms with van der Waals surface area (Å²) in [7, 11) is 0. The van der Waals surface area contributed by atoms with Crippen LogP contribution in [0, 0.1) is 22.7 Å². The minimum Gasteiger partial charge on any atom is -0.377 e. The maximum absolute atomic E-state index is 13.5. The van der Waals surface area contributed by atoms with Crippen molar-refractivity contribution in [3.63, 3.8) is 0 Å². The van der Waals surface area contributed by atoms with Gasteiger partial charge in [-0.25, -0.2) is 4.79 Å². The average molecular weight is 420 g/mol. The second-order valence-corrected chi connectivity index (χ2v) is 10.4. The number of nitrogens with zero attached hydrogens (tertiary/aromatic N) is 3. The third-order valence-electron chi connectivity index (χ3n) is 6.80. The summed E-state index contributed by atoms with van der Waals surface area (Å²) in [4.78, 5) is 29.5. The van der Waals surface area contributed by atoms with Gasteiger partial charge in [-0.3, -0.25) is 9.69 Å². The van der Waals surface area contributed by atoms with Crippen molar-refractivity contribution >= 4 is 11.9 Å². The lowest BCUT2D eigenvalue weighted by molar-refractivity contribution is -0.132. The molecule has 0 bridgehead atoms. The molecule has 30 heavy (non-hydrogen) atoms. The number of likely N-dealkylation sites (tertiary alicyclic amines) is 1. The highest BCUT2D eigenvalue weighted by molar-refractivity contribution is 5.82. The number of nitrogens with two attached hydrogens (primary N) is 1. The molecule has 0 radical (unpaired) electrons. The molecular weight excluding hydrogens is 382 g/mol. The van der Waals surface area contributed by atoms with Gasteiger partial charge in [0.2, 0.25) is 5.91 Å². The minimum atomic E-state index is -0.872. The van der Waals surface area contributed by atoms with Crippen molar-refractivity contribution < 1.29 is 14.3 Å². The second kappa shape index (κ2) is 9.11. The number of urea groups is 1. The summed E-state index contributed by atoms with van der Waals surface area (Å²) >= 11 is 0. The molecule has 3 rings (SSSR count). The molecule has 0 aromatic rings. The molecule has 3 N–H and O–H groups in total. The molecule has 3 unspecified atom stereocenters. The molecule has 2 saturated heterocycles. The van der Waals surface area contributed by atoms with Crippen LogP contribution in [0.1, 0.15) is 59.3 Å². The van der Waals surface area contributed by atoms with Crippen LogP contribution in [0.5, 0.6) is 0 Å². The molecule has 2 heterocycles. The molecule has 0 spiro atoms. The van der Waals surface area contributed by atoms with Gasteiger partial charge in [-0.05, 0) is 31.1 Å². The van der Waals surface area contributed by atoms with Crippen molar-refractivity contribution in [2.24, 2.45) is 17.1 Å². The molecular formula is C22H37N5O3. The Hall–Kier alpha value is -1.85. The number of amides is 3. The number of hydrogen-bond donors (Lipinski definition) is 2. The summed E-state index contributed by atoms with van der Waals surface area (Å²) in [5, 5.41) is 13.1. The van der Waals surface area contributed by atoms with Crippen LogP contribution in [0.15, 0.2) is 0 Å². The minimum absolute atomic E-state index is 0.131. The molecule has 0 aromatic carbocycles. The van der Waals surface area contributed by atoms with Crippen molar-refractivity contribution in [2.45, 2.75) is 76.9 Å². The fraction of sp³-hybridized carbons (Fsp3) is 0.864. The van der Waals surface area contributed by atoms with Gasteiger partial charge in [0.05, 0.1) is 31.2 Å².